The summed E-state index contributed by atoms with van der Waals surface area (Å²) in [7, 11) is 3.99. The highest BCUT2D eigenvalue weighted by atomic mass is 35.5. The molecule has 0 saturated heterocycles. The SMILES string of the molecule is CSc1ccccc1C(=O)N(CCN(C)C)c1nc2c(Cl)cccc2s1. The second kappa shape index (κ2) is 8.39. The van der Waals surface area contributed by atoms with E-state index in [1.807, 2.05) is 62.8 Å². The Morgan fingerprint density at radius 3 is 2.62 bits per heavy atom. The topological polar surface area (TPSA) is 36.4 Å². The number of rotatable bonds is 6. The van der Waals surface area contributed by atoms with Crippen LogP contribution in [0, 0.1) is 0 Å². The summed E-state index contributed by atoms with van der Waals surface area (Å²) in [6, 6.07) is 13.4. The van der Waals surface area contributed by atoms with Crippen LogP contribution in [-0.4, -0.2) is 49.2 Å². The van der Waals surface area contributed by atoms with E-state index < -0.39 is 0 Å². The Balaban J connectivity index is 2.03. The fourth-order valence-corrected chi connectivity index (χ4v) is 4.45. The van der Waals surface area contributed by atoms with Gasteiger partial charge >= 0.3 is 0 Å². The zero-order valence-corrected chi connectivity index (χ0v) is 17.3. The van der Waals surface area contributed by atoms with Gasteiger partial charge in [0.1, 0.15) is 5.52 Å². The highest BCUT2D eigenvalue weighted by Crippen LogP contribution is 2.34. The predicted molar refractivity (Wildman–Crippen MR) is 113 cm³/mol. The van der Waals surface area contributed by atoms with Crippen LogP contribution in [0.3, 0.4) is 0 Å². The molecule has 0 radical (unpaired) electrons. The predicted octanol–water partition coefficient (Wildman–Crippen LogP) is 4.88. The molecule has 0 unspecified atom stereocenters. The van der Waals surface area contributed by atoms with Crippen molar-refractivity contribution in [1.29, 1.82) is 0 Å². The van der Waals surface area contributed by atoms with E-state index in [9.17, 15) is 4.79 Å². The maximum atomic E-state index is 13.3. The third kappa shape index (κ3) is 4.04. The van der Waals surface area contributed by atoms with E-state index in [2.05, 4.69) is 9.88 Å². The summed E-state index contributed by atoms with van der Waals surface area (Å²) in [6.07, 6.45) is 1.98. The van der Waals surface area contributed by atoms with E-state index in [0.29, 0.717) is 22.3 Å². The largest absolute Gasteiger partial charge is 0.308 e. The average molecular weight is 406 g/mol. The first-order valence-electron chi connectivity index (χ1n) is 8.16. The highest BCUT2D eigenvalue weighted by Gasteiger charge is 2.23. The van der Waals surface area contributed by atoms with Gasteiger partial charge in [0.15, 0.2) is 5.13 Å². The van der Waals surface area contributed by atoms with Crippen molar-refractivity contribution >= 4 is 56.0 Å². The summed E-state index contributed by atoms with van der Waals surface area (Å²) in [4.78, 5) is 22.8. The first-order chi connectivity index (χ1) is 12.5. The Bertz CT molecular complexity index is 926. The molecule has 0 aliphatic carbocycles. The normalized spacial score (nSPS) is 11.3. The number of hydrogen-bond donors (Lipinski definition) is 0. The van der Waals surface area contributed by atoms with Crippen LogP contribution < -0.4 is 4.90 Å². The number of carbonyl (C=O) groups is 1. The number of carbonyl (C=O) groups excluding carboxylic acids is 1. The Morgan fingerprint density at radius 1 is 1.15 bits per heavy atom. The summed E-state index contributed by atoms with van der Waals surface area (Å²) in [5, 5.41) is 1.28. The fourth-order valence-electron chi connectivity index (χ4n) is 2.57. The van der Waals surface area contributed by atoms with E-state index in [1.54, 1.807) is 16.7 Å². The molecule has 4 nitrogen and oxygen atoms in total. The maximum Gasteiger partial charge on any atom is 0.261 e. The van der Waals surface area contributed by atoms with Gasteiger partial charge < -0.3 is 4.90 Å². The molecule has 1 heterocycles. The standard InChI is InChI=1S/C19H20ClN3OS2/c1-22(2)11-12-23(18(24)13-7-4-5-9-15(13)25-3)19-21-17-14(20)8-6-10-16(17)26-19/h4-10H,11-12H2,1-3H3. The minimum atomic E-state index is -0.0352. The molecular formula is C19H20ClN3OS2. The fraction of sp³-hybridized carbons (Fsp3) is 0.263. The Labute approximate surface area is 166 Å². The lowest BCUT2D eigenvalue weighted by Gasteiger charge is -2.22. The van der Waals surface area contributed by atoms with Gasteiger partial charge in [0.25, 0.3) is 5.91 Å². The summed E-state index contributed by atoms with van der Waals surface area (Å²) in [6.45, 7) is 1.31. The zero-order chi connectivity index (χ0) is 18.7. The second-order valence-electron chi connectivity index (χ2n) is 6.04. The molecule has 3 aromatic rings. The Hall–Kier alpha value is -1.60. The minimum absolute atomic E-state index is 0.0352. The quantitative estimate of drug-likeness (QED) is 0.547. The first-order valence-corrected chi connectivity index (χ1v) is 10.6. The molecule has 2 aromatic carbocycles. The lowest BCUT2D eigenvalue weighted by Crippen LogP contribution is -2.37. The molecule has 0 aliphatic heterocycles. The number of hydrogen-bond acceptors (Lipinski definition) is 5. The zero-order valence-electron chi connectivity index (χ0n) is 14.9. The number of amides is 1. The monoisotopic (exact) mass is 405 g/mol. The number of benzene rings is 2. The summed E-state index contributed by atoms with van der Waals surface area (Å²) >= 11 is 9.34. The second-order valence-corrected chi connectivity index (χ2v) is 8.31. The van der Waals surface area contributed by atoms with Crippen LogP contribution in [0.1, 0.15) is 10.4 Å². The van der Waals surface area contributed by atoms with E-state index in [-0.39, 0.29) is 5.91 Å². The maximum absolute atomic E-state index is 13.3. The summed E-state index contributed by atoms with van der Waals surface area (Å²) in [5.74, 6) is -0.0352. The molecule has 0 aliphatic rings. The molecule has 1 amide bonds. The number of anilines is 1. The number of nitrogens with zero attached hydrogens (tertiary/aromatic N) is 3. The summed E-state index contributed by atoms with van der Waals surface area (Å²) < 4.78 is 0.980. The van der Waals surface area contributed by atoms with Crippen molar-refractivity contribution in [3.63, 3.8) is 0 Å². The molecule has 0 spiro atoms. The van der Waals surface area contributed by atoms with E-state index in [4.69, 9.17) is 11.6 Å². The number of fused-ring (bicyclic) bond motifs is 1. The number of aromatic nitrogens is 1. The average Bonchev–Trinajstić information content (AvgIpc) is 3.06. The van der Waals surface area contributed by atoms with Crippen LogP contribution in [0.25, 0.3) is 10.2 Å². The van der Waals surface area contributed by atoms with Crippen molar-refractivity contribution in [2.24, 2.45) is 0 Å². The molecule has 0 atom stereocenters. The molecule has 26 heavy (non-hydrogen) atoms. The van der Waals surface area contributed by atoms with Crippen molar-refractivity contribution in [2.75, 3.05) is 38.3 Å². The molecule has 0 bridgehead atoms. The summed E-state index contributed by atoms with van der Waals surface area (Å²) in [5.41, 5.74) is 1.44. The van der Waals surface area contributed by atoms with Gasteiger partial charge in [-0.1, -0.05) is 41.1 Å². The minimum Gasteiger partial charge on any atom is -0.308 e. The number of likely N-dealkylation sites (N-methyl/N-ethyl adjacent to an activating group) is 1. The number of para-hydroxylation sites is 1. The van der Waals surface area contributed by atoms with Gasteiger partial charge in [0, 0.05) is 18.0 Å². The number of halogens is 1. The molecular weight excluding hydrogens is 386 g/mol. The first kappa shape index (κ1) is 19.2. The third-order valence-electron chi connectivity index (χ3n) is 3.94. The van der Waals surface area contributed by atoms with Crippen LogP contribution in [-0.2, 0) is 0 Å². The molecule has 0 saturated carbocycles. The Kier molecular flexibility index (Phi) is 6.19. The molecule has 7 heteroatoms. The smallest absolute Gasteiger partial charge is 0.261 e. The van der Waals surface area contributed by atoms with Crippen LogP contribution in [0.4, 0.5) is 5.13 Å². The van der Waals surface area contributed by atoms with Crippen LogP contribution in [0.5, 0.6) is 0 Å². The van der Waals surface area contributed by atoms with Crippen molar-refractivity contribution in [3.05, 3.63) is 53.1 Å². The van der Waals surface area contributed by atoms with Crippen molar-refractivity contribution in [1.82, 2.24) is 9.88 Å². The molecule has 3 rings (SSSR count). The van der Waals surface area contributed by atoms with Crippen molar-refractivity contribution < 1.29 is 4.79 Å². The van der Waals surface area contributed by atoms with Gasteiger partial charge in [-0.05, 0) is 44.6 Å². The molecule has 136 valence electrons. The van der Waals surface area contributed by atoms with E-state index in [1.165, 1.54) is 11.3 Å². The lowest BCUT2D eigenvalue weighted by molar-refractivity contribution is 0.0982. The van der Waals surface area contributed by atoms with Crippen LogP contribution >= 0.6 is 34.7 Å². The van der Waals surface area contributed by atoms with Crippen molar-refractivity contribution in [2.45, 2.75) is 4.90 Å². The lowest BCUT2D eigenvalue weighted by atomic mass is 10.2. The molecule has 0 N–H and O–H groups in total. The van der Waals surface area contributed by atoms with Crippen LogP contribution in [0.2, 0.25) is 5.02 Å². The number of thioether (sulfide) groups is 1. The van der Waals surface area contributed by atoms with Gasteiger partial charge in [-0.15, -0.1) is 11.8 Å². The van der Waals surface area contributed by atoms with Gasteiger partial charge in [0.2, 0.25) is 0 Å². The van der Waals surface area contributed by atoms with E-state index >= 15 is 0 Å². The molecule has 1 aromatic heterocycles. The highest BCUT2D eigenvalue weighted by molar-refractivity contribution is 7.98. The Morgan fingerprint density at radius 2 is 1.92 bits per heavy atom. The van der Waals surface area contributed by atoms with Gasteiger partial charge in [0.05, 0.1) is 15.3 Å². The molecule has 0 fully saturated rings. The van der Waals surface area contributed by atoms with Crippen molar-refractivity contribution in [3.8, 4) is 0 Å². The number of thiazole rings is 1. The van der Waals surface area contributed by atoms with Gasteiger partial charge in [-0.3, -0.25) is 9.69 Å². The van der Waals surface area contributed by atoms with E-state index in [0.717, 1.165) is 21.7 Å². The van der Waals surface area contributed by atoms with Gasteiger partial charge in [-0.2, -0.15) is 0 Å². The van der Waals surface area contributed by atoms with Gasteiger partial charge in [-0.25, -0.2) is 4.98 Å². The van der Waals surface area contributed by atoms with Crippen LogP contribution in [0.15, 0.2) is 47.4 Å². The third-order valence-corrected chi connectivity index (χ3v) is 6.09.